The zero-order valence-electron chi connectivity index (χ0n) is 12.3. The lowest BCUT2D eigenvalue weighted by Gasteiger charge is -2.34. The Labute approximate surface area is 123 Å². The van der Waals surface area contributed by atoms with Crippen LogP contribution in [0.2, 0.25) is 0 Å². The van der Waals surface area contributed by atoms with Crippen LogP contribution in [0, 0.1) is 17.7 Å². The highest BCUT2D eigenvalue weighted by atomic mass is 19.1. The minimum absolute atomic E-state index is 0.237. The first-order valence-electron chi connectivity index (χ1n) is 7.41. The number of anilines is 1. The van der Waals surface area contributed by atoms with Gasteiger partial charge in [-0.25, -0.2) is 9.07 Å². The molecule has 3 atom stereocenters. The molecule has 0 spiro atoms. The molecule has 3 unspecified atom stereocenters. The van der Waals surface area contributed by atoms with E-state index < -0.39 is 0 Å². The summed E-state index contributed by atoms with van der Waals surface area (Å²) in [6.45, 7) is 4.49. The van der Waals surface area contributed by atoms with Crippen LogP contribution in [0.5, 0.6) is 0 Å². The van der Waals surface area contributed by atoms with E-state index in [4.69, 9.17) is 5.73 Å². The second kappa shape index (κ2) is 5.42. The first-order valence-corrected chi connectivity index (χ1v) is 7.41. The Bertz CT molecular complexity index is 639. The molecule has 5 nitrogen and oxygen atoms in total. The topological polar surface area (TPSA) is 69.6 Å². The van der Waals surface area contributed by atoms with E-state index in [1.54, 1.807) is 6.07 Å². The molecular weight excluding hydrogens is 269 g/mol. The van der Waals surface area contributed by atoms with Crippen molar-refractivity contribution in [2.24, 2.45) is 11.8 Å². The highest BCUT2D eigenvalue weighted by molar-refractivity contribution is 5.71. The third kappa shape index (κ3) is 2.50. The third-order valence-corrected chi connectivity index (χ3v) is 4.73. The number of rotatable bonds is 2. The van der Waals surface area contributed by atoms with Crippen LogP contribution in [0.4, 0.5) is 10.1 Å². The van der Waals surface area contributed by atoms with Gasteiger partial charge in [0.1, 0.15) is 5.82 Å². The van der Waals surface area contributed by atoms with Gasteiger partial charge in [-0.2, -0.15) is 0 Å². The average molecular weight is 289 g/mol. The van der Waals surface area contributed by atoms with Gasteiger partial charge in [-0.1, -0.05) is 26.7 Å². The highest BCUT2D eigenvalue weighted by Gasteiger charge is 2.31. The van der Waals surface area contributed by atoms with Crippen molar-refractivity contribution in [2.75, 3.05) is 5.73 Å². The first kappa shape index (κ1) is 14.0. The monoisotopic (exact) mass is 289 g/mol. The third-order valence-electron chi connectivity index (χ3n) is 4.73. The van der Waals surface area contributed by atoms with Crippen molar-refractivity contribution in [1.29, 1.82) is 0 Å². The number of nitrogen functional groups attached to an aromatic ring is 1. The molecule has 0 amide bonds. The van der Waals surface area contributed by atoms with Gasteiger partial charge in [-0.15, -0.1) is 5.10 Å². The van der Waals surface area contributed by atoms with E-state index in [1.165, 1.54) is 18.6 Å². The lowest BCUT2D eigenvalue weighted by atomic mass is 9.78. The maximum Gasteiger partial charge on any atom is 0.184 e. The molecule has 1 aromatic heterocycles. The maximum absolute atomic E-state index is 13.5. The van der Waals surface area contributed by atoms with Crippen molar-refractivity contribution in [3.05, 3.63) is 24.0 Å². The maximum atomic E-state index is 13.5. The molecule has 112 valence electrons. The molecule has 6 heteroatoms. The summed E-state index contributed by atoms with van der Waals surface area (Å²) in [6.07, 6.45) is 3.43. The predicted molar refractivity (Wildman–Crippen MR) is 78.8 cm³/mol. The van der Waals surface area contributed by atoms with Gasteiger partial charge in [-0.3, -0.25) is 0 Å². The van der Waals surface area contributed by atoms with Crippen molar-refractivity contribution in [3.63, 3.8) is 0 Å². The van der Waals surface area contributed by atoms with Crippen LogP contribution in [0.1, 0.15) is 39.2 Å². The van der Waals surface area contributed by atoms with Gasteiger partial charge >= 0.3 is 0 Å². The van der Waals surface area contributed by atoms with Gasteiger partial charge in [0, 0.05) is 11.3 Å². The largest absolute Gasteiger partial charge is 0.398 e. The van der Waals surface area contributed by atoms with Crippen LogP contribution in [0.15, 0.2) is 18.2 Å². The Balaban J connectivity index is 2.03. The van der Waals surface area contributed by atoms with Gasteiger partial charge < -0.3 is 5.73 Å². The molecule has 1 saturated carbocycles. The molecule has 21 heavy (non-hydrogen) atoms. The molecule has 1 fully saturated rings. The van der Waals surface area contributed by atoms with Crippen molar-refractivity contribution in [1.82, 2.24) is 20.2 Å². The van der Waals surface area contributed by atoms with Crippen LogP contribution >= 0.6 is 0 Å². The molecule has 1 aliphatic carbocycles. The summed E-state index contributed by atoms with van der Waals surface area (Å²) in [4.78, 5) is 0. The Morgan fingerprint density at radius 2 is 2.10 bits per heavy atom. The lowest BCUT2D eigenvalue weighted by molar-refractivity contribution is 0.174. The van der Waals surface area contributed by atoms with E-state index in [-0.39, 0.29) is 11.9 Å². The Morgan fingerprint density at radius 3 is 2.90 bits per heavy atom. The minimum atomic E-state index is -0.334. The number of nitrogens with zero attached hydrogens (tertiary/aromatic N) is 4. The van der Waals surface area contributed by atoms with Crippen molar-refractivity contribution in [3.8, 4) is 11.4 Å². The fraction of sp³-hybridized carbons (Fsp3) is 0.533. The van der Waals surface area contributed by atoms with E-state index in [0.717, 1.165) is 12.8 Å². The molecule has 2 aromatic rings. The summed E-state index contributed by atoms with van der Waals surface area (Å²) in [6, 6.07) is 4.53. The number of hydrogen-bond donors (Lipinski definition) is 1. The molecule has 3 rings (SSSR count). The van der Waals surface area contributed by atoms with Crippen molar-refractivity contribution in [2.45, 2.75) is 39.2 Å². The molecule has 1 aliphatic rings. The molecular formula is C15H20FN5. The number of hydrogen-bond acceptors (Lipinski definition) is 4. The van der Waals surface area contributed by atoms with E-state index in [1.807, 2.05) is 4.68 Å². The number of halogens is 1. The summed E-state index contributed by atoms with van der Waals surface area (Å²) in [5.74, 6) is 1.33. The standard InChI is InChI=1S/C15H20FN5/c1-9-4-3-5-14(10(9)2)21-15(18-19-20-21)12-8-11(16)6-7-13(12)17/h6-10,14H,3-5,17H2,1-2H3. The van der Waals surface area contributed by atoms with Crippen LogP contribution in [-0.4, -0.2) is 20.2 Å². The molecule has 0 bridgehead atoms. The van der Waals surface area contributed by atoms with Gasteiger partial charge in [0.15, 0.2) is 5.82 Å². The molecule has 0 radical (unpaired) electrons. The van der Waals surface area contributed by atoms with E-state index in [9.17, 15) is 4.39 Å². The van der Waals surface area contributed by atoms with Gasteiger partial charge in [0.25, 0.3) is 0 Å². The normalized spacial score (nSPS) is 26.0. The zero-order chi connectivity index (χ0) is 15.0. The predicted octanol–water partition coefficient (Wildman–Crippen LogP) is 3.06. The Hall–Kier alpha value is -1.98. The van der Waals surface area contributed by atoms with Crippen molar-refractivity contribution >= 4 is 5.69 Å². The Morgan fingerprint density at radius 1 is 1.29 bits per heavy atom. The van der Waals surface area contributed by atoms with Crippen LogP contribution in [-0.2, 0) is 0 Å². The molecule has 2 N–H and O–H groups in total. The minimum Gasteiger partial charge on any atom is -0.398 e. The molecule has 0 saturated heterocycles. The quantitative estimate of drug-likeness (QED) is 0.863. The molecule has 0 aliphatic heterocycles. The number of tetrazole rings is 1. The number of aromatic nitrogens is 4. The first-order chi connectivity index (χ1) is 10.1. The number of nitrogens with two attached hydrogens (primary N) is 1. The summed E-state index contributed by atoms with van der Waals surface area (Å²) < 4.78 is 15.3. The molecule has 1 heterocycles. The van der Waals surface area contributed by atoms with Gasteiger partial charge in [0.05, 0.1) is 6.04 Å². The lowest BCUT2D eigenvalue weighted by Crippen LogP contribution is -2.28. The van der Waals surface area contributed by atoms with Crippen molar-refractivity contribution < 1.29 is 4.39 Å². The number of benzene rings is 1. The Kier molecular flexibility index (Phi) is 3.61. The van der Waals surface area contributed by atoms with Crippen LogP contribution in [0.25, 0.3) is 11.4 Å². The molecule has 1 aromatic carbocycles. The van der Waals surface area contributed by atoms with Gasteiger partial charge in [0.2, 0.25) is 0 Å². The van der Waals surface area contributed by atoms with Gasteiger partial charge in [-0.05, 0) is 46.9 Å². The van der Waals surface area contributed by atoms with E-state index >= 15 is 0 Å². The zero-order valence-corrected chi connectivity index (χ0v) is 12.3. The smallest absolute Gasteiger partial charge is 0.184 e. The summed E-state index contributed by atoms with van der Waals surface area (Å²) >= 11 is 0. The summed E-state index contributed by atoms with van der Waals surface area (Å²) in [7, 11) is 0. The van der Waals surface area contributed by atoms with Crippen LogP contribution in [0.3, 0.4) is 0 Å². The second-order valence-corrected chi connectivity index (χ2v) is 6.01. The fourth-order valence-electron chi connectivity index (χ4n) is 3.22. The summed E-state index contributed by atoms with van der Waals surface area (Å²) in [5.41, 5.74) is 7.02. The highest BCUT2D eigenvalue weighted by Crippen LogP contribution is 2.39. The fourth-order valence-corrected chi connectivity index (χ4v) is 3.22. The summed E-state index contributed by atoms with van der Waals surface area (Å²) in [5, 5.41) is 12.0. The SMILES string of the molecule is CC1CCCC(n2nnnc2-c2cc(F)ccc2N)C1C. The average Bonchev–Trinajstić information content (AvgIpc) is 2.93. The van der Waals surface area contributed by atoms with E-state index in [0.29, 0.717) is 28.9 Å². The van der Waals surface area contributed by atoms with Crippen LogP contribution < -0.4 is 5.73 Å². The second-order valence-electron chi connectivity index (χ2n) is 6.01. The van der Waals surface area contributed by atoms with E-state index in [2.05, 4.69) is 29.4 Å².